The van der Waals surface area contributed by atoms with Crippen molar-refractivity contribution < 1.29 is 4.39 Å². The van der Waals surface area contributed by atoms with E-state index in [4.69, 9.17) is 0 Å². The zero-order valence-corrected chi connectivity index (χ0v) is 14.5. The zero-order chi connectivity index (χ0) is 18.2. The van der Waals surface area contributed by atoms with E-state index in [0.29, 0.717) is 6.54 Å². The summed E-state index contributed by atoms with van der Waals surface area (Å²) < 4.78 is 15.6. The molecule has 130 valence electrons. The Hall–Kier alpha value is -3.53. The van der Waals surface area contributed by atoms with Crippen LogP contribution in [-0.4, -0.2) is 14.5 Å². The van der Waals surface area contributed by atoms with Gasteiger partial charge in [-0.1, -0.05) is 36.4 Å². The van der Waals surface area contributed by atoms with Gasteiger partial charge in [0.05, 0.1) is 11.2 Å². The van der Waals surface area contributed by atoms with E-state index in [1.165, 1.54) is 17.5 Å². The molecule has 3 nitrogen and oxygen atoms in total. The molecule has 5 rings (SSSR count). The lowest BCUT2D eigenvalue weighted by Crippen LogP contribution is -2.01. The van der Waals surface area contributed by atoms with Crippen molar-refractivity contribution in [1.29, 1.82) is 0 Å². The van der Waals surface area contributed by atoms with Crippen LogP contribution in [0.1, 0.15) is 5.56 Å². The van der Waals surface area contributed by atoms with E-state index in [2.05, 4.69) is 26.7 Å². The van der Waals surface area contributed by atoms with Crippen LogP contribution in [0.2, 0.25) is 0 Å². The minimum absolute atomic E-state index is 0.225. The number of benzene rings is 2. The fourth-order valence-corrected chi connectivity index (χ4v) is 3.63. The molecule has 27 heavy (non-hydrogen) atoms. The van der Waals surface area contributed by atoms with Crippen LogP contribution in [0.5, 0.6) is 0 Å². The van der Waals surface area contributed by atoms with Gasteiger partial charge in [0.15, 0.2) is 0 Å². The lowest BCUT2D eigenvalue weighted by Gasteiger charge is -2.10. The Bertz CT molecular complexity index is 1240. The fourth-order valence-electron chi connectivity index (χ4n) is 3.63. The number of para-hydroxylation sites is 1. The Labute approximate surface area is 155 Å². The molecule has 0 amide bonds. The summed E-state index contributed by atoms with van der Waals surface area (Å²) in [5.74, 6) is -0.225. The molecule has 0 radical (unpaired) electrons. The summed E-state index contributed by atoms with van der Waals surface area (Å²) in [6, 6.07) is 22.9. The van der Waals surface area contributed by atoms with Crippen molar-refractivity contribution >= 4 is 21.8 Å². The van der Waals surface area contributed by atoms with Gasteiger partial charge in [0.2, 0.25) is 0 Å². The minimum atomic E-state index is -0.225. The number of pyridine rings is 2. The average Bonchev–Trinajstić information content (AvgIpc) is 3.04. The molecular weight excluding hydrogens is 337 g/mol. The van der Waals surface area contributed by atoms with Gasteiger partial charge < -0.3 is 4.57 Å². The highest BCUT2D eigenvalue weighted by atomic mass is 19.1. The molecule has 3 heterocycles. The molecule has 0 saturated carbocycles. The number of aromatic nitrogens is 3. The van der Waals surface area contributed by atoms with Crippen LogP contribution in [0.4, 0.5) is 4.39 Å². The summed E-state index contributed by atoms with van der Waals surface area (Å²) in [6.07, 6.45) is 3.61. The standard InChI is InChI=1S/C23H16FN3/c24-17-10-8-16(9-11-17)15-27-21-7-2-1-5-18(21)19-12-14-26-22(23(19)27)20-6-3-4-13-25-20/h1-14H,15H2. The third-order valence-corrected chi connectivity index (χ3v) is 4.84. The number of halogens is 1. The quantitative estimate of drug-likeness (QED) is 0.432. The van der Waals surface area contributed by atoms with Gasteiger partial charge in [-0.3, -0.25) is 9.97 Å². The summed E-state index contributed by atoms with van der Waals surface area (Å²) in [4.78, 5) is 9.15. The van der Waals surface area contributed by atoms with Gasteiger partial charge in [-0.05, 0) is 42.0 Å². The highest BCUT2D eigenvalue weighted by Crippen LogP contribution is 2.34. The Morgan fingerprint density at radius 2 is 1.56 bits per heavy atom. The molecule has 0 N–H and O–H groups in total. The predicted octanol–water partition coefficient (Wildman–Crippen LogP) is 5.44. The van der Waals surface area contributed by atoms with Gasteiger partial charge in [-0.25, -0.2) is 4.39 Å². The third-order valence-electron chi connectivity index (χ3n) is 4.84. The van der Waals surface area contributed by atoms with Gasteiger partial charge in [-0.2, -0.15) is 0 Å². The van der Waals surface area contributed by atoms with Gasteiger partial charge in [0.25, 0.3) is 0 Å². The number of hydrogen-bond acceptors (Lipinski definition) is 2. The molecule has 0 bridgehead atoms. The fraction of sp³-hybridized carbons (Fsp3) is 0.0435. The van der Waals surface area contributed by atoms with Crippen LogP contribution in [0, 0.1) is 5.82 Å². The van der Waals surface area contributed by atoms with E-state index in [-0.39, 0.29) is 5.82 Å². The van der Waals surface area contributed by atoms with E-state index in [9.17, 15) is 4.39 Å². The molecule has 0 saturated heterocycles. The first-order valence-electron chi connectivity index (χ1n) is 8.83. The van der Waals surface area contributed by atoms with Gasteiger partial charge in [-0.15, -0.1) is 0 Å². The predicted molar refractivity (Wildman–Crippen MR) is 106 cm³/mol. The van der Waals surface area contributed by atoms with Crippen LogP contribution in [-0.2, 0) is 6.54 Å². The topological polar surface area (TPSA) is 30.7 Å². The van der Waals surface area contributed by atoms with Crippen molar-refractivity contribution in [2.24, 2.45) is 0 Å². The van der Waals surface area contributed by atoms with E-state index >= 15 is 0 Å². The molecule has 4 heteroatoms. The summed E-state index contributed by atoms with van der Waals surface area (Å²) in [5, 5.41) is 2.32. The second-order valence-electron chi connectivity index (χ2n) is 6.50. The molecular formula is C23H16FN3. The maximum absolute atomic E-state index is 13.3. The summed E-state index contributed by atoms with van der Waals surface area (Å²) >= 11 is 0. The summed E-state index contributed by atoms with van der Waals surface area (Å²) in [5.41, 5.74) is 4.90. The maximum Gasteiger partial charge on any atom is 0.123 e. The summed E-state index contributed by atoms with van der Waals surface area (Å²) in [7, 11) is 0. The smallest absolute Gasteiger partial charge is 0.123 e. The first-order valence-corrected chi connectivity index (χ1v) is 8.83. The van der Waals surface area contributed by atoms with Crippen LogP contribution < -0.4 is 0 Å². The van der Waals surface area contributed by atoms with Gasteiger partial charge >= 0.3 is 0 Å². The van der Waals surface area contributed by atoms with Crippen molar-refractivity contribution in [3.63, 3.8) is 0 Å². The normalized spacial score (nSPS) is 11.3. The molecule has 0 atom stereocenters. The molecule has 0 spiro atoms. The molecule has 0 unspecified atom stereocenters. The monoisotopic (exact) mass is 353 g/mol. The molecule has 0 aliphatic heterocycles. The number of nitrogens with zero attached hydrogens (tertiary/aromatic N) is 3. The third kappa shape index (κ3) is 2.66. The first-order chi connectivity index (χ1) is 13.3. The number of rotatable bonds is 3. The second-order valence-corrected chi connectivity index (χ2v) is 6.50. The van der Waals surface area contributed by atoms with E-state index in [0.717, 1.165) is 33.4 Å². The molecule has 0 aliphatic rings. The Morgan fingerprint density at radius 1 is 0.741 bits per heavy atom. The Kier molecular flexibility index (Phi) is 3.68. The number of fused-ring (bicyclic) bond motifs is 3. The van der Waals surface area contributed by atoms with Crippen molar-refractivity contribution in [3.05, 3.63) is 96.6 Å². The Morgan fingerprint density at radius 3 is 2.37 bits per heavy atom. The molecule has 5 aromatic rings. The first kappa shape index (κ1) is 15.7. The van der Waals surface area contributed by atoms with E-state index in [1.54, 1.807) is 6.20 Å². The molecule has 3 aromatic heterocycles. The molecule has 2 aromatic carbocycles. The van der Waals surface area contributed by atoms with Crippen molar-refractivity contribution in [2.75, 3.05) is 0 Å². The SMILES string of the molecule is Fc1ccc(Cn2c3ccccc3c3ccnc(-c4ccccn4)c32)cc1. The van der Waals surface area contributed by atoms with Gasteiger partial charge in [0, 0.05) is 35.2 Å². The molecule has 0 aliphatic carbocycles. The van der Waals surface area contributed by atoms with Crippen LogP contribution in [0.15, 0.2) is 85.2 Å². The van der Waals surface area contributed by atoms with E-state index < -0.39 is 0 Å². The van der Waals surface area contributed by atoms with Crippen molar-refractivity contribution in [1.82, 2.24) is 14.5 Å². The lowest BCUT2D eigenvalue weighted by atomic mass is 10.1. The van der Waals surface area contributed by atoms with Crippen molar-refractivity contribution in [2.45, 2.75) is 6.54 Å². The minimum Gasteiger partial charge on any atom is -0.334 e. The number of hydrogen-bond donors (Lipinski definition) is 0. The van der Waals surface area contributed by atoms with Crippen LogP contribution in [0.3, 0.4) is 0 Å². The van der Waals surface area contributed by atoms with Crippen LogP contribution >= 0.6 is 0 Å². The largest absolute Gasteiger partial charge is 0.334 e. The van der Waals surface area contributed by atoms with E-state index in [1.807, 2.05) is 54.7 Å². The highest BCUT2D eigenvalue weighted by molar-refractivity contribution is 6.11. The molecule has 0 fully saturated rings. The van der Waals surface area contributed by atoms with Crippen LogP contribution in [0.25, 0.3) is 33.2 Å². The van der Waals surface area contributed by atoms with Crippen molar-refractivity contribution in [3.8, 4) is 11.4 Å². The average molecular weight is 353 g/mol. The summed E-state index contributed by atoms with van der Waals surface area (Å²) in [6.45, 7) is 0.635. The second kappa shape index (κ2) is 6.32. The Balaban J connectivity index is 1.82. The zero-order valence-electron chi connectivity index (χ0n) is 14.5. The maximum atomic E-state index is 13.3. The highest BCUT2D eigenvalue weighted by Gasteiger charge is 2.16. The van der Waals surface area contributed by atoms with Gasteiger partial charge in [0.1, 0.15) is 11.5 Å². The lowest BCUT2D eigenvalue weighted by molar-refractivity contribution is 0.626.